The molecular weight excluding hydrogens is 250 g/mol. The molecule has 1 aliphatic heterocycles. The third-order valence-corrected chi connectivity index (χ3v) is 4.52. The Kier molecular flexibility index (Phi) is 3.88. The highest BCUT2D eigenvalue weighted by Gasteiger charge is 2.48. The minimum atomic E-state index is 0.191. The van der Waals surface area contributed by atoms with Crippen LogP contribution in [0.25, 0.3) is 0 Å². The van der Waals surface area contributed by atoms with Crippen molar-refractivity contribution in [2.75, 3.05) is 19.8 Å². The Morgan fingerprint density at radius 2 is 1.90 bits per heavy atom. The molecule has 3 nitrogen and oxygen atoms in total. The van der Waals surface area contributed by atoms with Crippen LogP contribution in [0, 0.1) is 5.92 Å². The van der Waals surface area contributed by atoms with Gasteiger partial charge in [0.2, 0.25) is 0 Å². The molecule has 1 aromatic rings. The molecule has 0 aromatic heterocycles. The molecule has 1 N–H and O–H groups in total. The Bertz CT molecular complexity index is 462. The second-order valence-electron chi connectivity index (χ2n) is 5.80. The lowest BCUT2D eigenvalue weighted by Gasteiger charge is -2.31. The zero-order chi connectivity index (χ0) is 14.0. The lowest BCUT2D eigenvalue weighted by Crippen LogP contribution is -2.39. The van der Waals surface area contributed by atoms with E-state index in [0.717, 1.165) is 24.0 Å². The molecule has 0 spiro atoms. The largest absolute Gasteiger partial charge is 0.490 e. The van der Waals surface area contributed by atoms with Crippen molar-refractivity contribution in [1.82, 2.24) is 5.32 Å². The van der Waals surface area contributed by atoms with Crippen molar-refractivity contribution in [3.8, 4) is 11.5 Å². The van der Waals surface area contributed by atoms with Crippen LogP contribution in [0.4, 0.5) is 0 Å². The molecular formula is C17H25NO2. The topological polar surface area (TPSA) is 30.5 Å². The van der Waals surface area contributed by atoms with Crippen molar-refractivity contribution >= 4 is 0 Å². The summed E-state index contributed by atoms with van der Waals surface area (Å²) in [6.07, 6.45) is 5.22. The molecule has 1 atom stereocenters. The summed E-state index contributed by atoms with van der Waals surface area (Å²) in [6.45, 7) is 6.51. The summed E-state index contributed by atoms with van der Waals surface area (Å²) >= 11 is 0. The molecule has 2 fully saturated rings. The number of nitrogens with one attached hydrogen (secondary N) is 1. The van der Waals surface area contributed by atoms with E-state index in [1.54, 1.807) is 0 Å². The van der Waals surface area contributed by atoms with Gasteiger partial charge in [0.25, 0.3) is 0 Å². The lowest BCUT2D eigenvalue weighted by atomic mass is 9.83. The summed E-state index contributed by atoms with van der Waals surface area (Å²) in [4.78, 5) is 0. The maximum atomic E-state index is 5.78. The van der Waals surface area contributed by atoms with Gasteiger partial charge in [-0.15, -0.1) is 0 Å². The monoisotopic (exact) mass is 275 g/mol. The number of hydrogen-bond donors (Lipinski definition) is 1. The van der Waals surface area contributed by atoms with E-state index >= 15 is 0 Å². The van der Waals surface area contributed by atoms with Gasteiger partial charge in [-0.3, -0.25) is 0 Å². The Morgan fingerprint density at radius 1 is 1.15 bits per heavy atom. The standard InChI is InChI=1S/C17H25NO2/c1-3-19-15-9-8-14(12-16(15)20-4-2)17(13-6-7-13)10-5-11-18-17/h8-9,12-13,18H,3-7,10-11H2,1-2H3. The Labute approximate surface area is 121 Å². The van der Waals surface area contributed by atoms with Crippen molar-refractivity contribution in [2.45, 2.75) is 45.1 Å². The molecule has 3 heteroatoms. The molecule has 1 unspecified atom stereocenters. The third kappa shape index (κ3) is 2.39. The van der Waals surface area contributed by atoms with Gasteiger partial charge < -0.3 is 14.8 Å². The van der Waals surface area contributed by atoms with Gasteiger partial charge in [0.05, 0.1) is 13.2 Å². The molecule has 0 radical (unpaired) electrons. The van der Waals surface area contributed by atoms with Crippen LogP contribution in [0.15, 0.2) is 18.2 Å². The fraction of sp³-hybridized carbons (Fsp3) is 0.647. The highest BCUT2D eigenvalue weighted by Crippen LogP contribution is 2.51. The quantitative estimate of drug-likeness (QED) is 0.862. The first-order valence-electron chi connectivity index (χ1n) is 7.95. The minimum absolute atomic E-state index is 0.191. The molecule has 1 aromatic carbocycles. The minimum Gasteiger partial charge on any atom is -0.490 e. The first-order valence-corrected chi connectivity index (χ1v) is 7.95. The molecule has 3 rings (SSSR count). The molecule has 2 aliphatic rings. The molecule has 1 saturated carbocycles. The zero-order valence-corrected chi connectivity index (χ0v) is 12.6. The van der Waals surface area contributed by atoms with Crippen LogP contribution < -0.4 is 14.8 Å². The van der Waals surface area contributed by atoms with Gasteiger partial charge in [-0.05, 0) is 69.7 Å². The van der Waals surface area contributed by atoms with Gasteiger partial charge in [0.15, 0.2) is 11.5 Å². The predicted octanol–water partition coefficient (Wildman–Crippen LogP) is 3.47. The molecule has 1 heterocycles. The molecule has 1 saturated heterocycles. The van der Waals surface area contributed by atoms with Gasteiger partial charge in [-0.25, -0.2) is 0 Å². The van der Waals surface area contributed by atoms with Crippen LogP contribution in [-0.4, -0.2) is 19.8 Å². The number of hydrogen-bond acceptors (Lipinski definition) is 3. The molecule has 0 bridgehead atoms. The lowest BCUT2D eigenvalue weighted by molar-refractivity contribution is 0.283. The average Bonchev–Trinajstić information content (AvgIpc) is 3.20. The van der Waals surface area contributed by atoms with Crippen LogP contribution in [0.3, 0.4) is 0 Å². The zero-order valence-electron chi connectivity index (χ0n) is 12.6. The van der Waals surface area contributed by atoms with E-state index in [1.165, 1.54) is 31.2 Å². The summed E-state index contributed by atoms with van der Waals surface area (Å²) in [7, 11) is 0. The van der Waals surface area contributed by atoms with E-state index in [-0.39, 0.29) is 5.54 Å². The smallest absolute Gasteiger partial charge is 0.161 e. The van der Waals surface area contributed by atoms with E-state index in [1.807, 2.05) is 13.8 Å². The van der Waals surface area contributed by atoms with Crippen molar-refractivity contribution in [2.24, 2.45) is 5.92 Å². The first kappa shape index (κ1) is 13.7. The first-order chi connectivity index (χ1) is 9.80. The highest BCUT2D eigenvalue weighted by atomic mass is 16.5. The Balaban J connectivity index is 1.94. The summed E-state index contributed by atoms with van der Waals surface area (Å²) in [5.41, 5.74) is 1.57. The predicted molar refractivity (Wildman–Crippen MR) is 80.4 cm³/mol. The van der Waals surface area contributed by atoms with Gasteiger partial charge in [0, 0.05) is 5.54 Å². The van der Waals surface area contributed by atoms with Crippen LogP contribution in [-0.2, 0) is 5.54 Å². The Hall–Kier alpha value is -1.22. The van der Waals surface area contributed by atoms with Gasteiger partial charge in [-0.1, -0.05) is 6.07 Å². The van der Waals surface area contributed by atoms with Crippen LogP contribution in [0.5, 0.6) is 11.5 Å². The number of ether oxygens (including phenoxy) is 2. The molecule has 20 heavy (non-hydrogen) atoms. The molecule has 1 aliphatic carbocycles. The van der Waals surface area contributed by atoms with Crippen LogP contribution in [0.2, 0.25) is 0 Å². The van der Waals surface area contributed by atoms with Crippen molar-refractivity contribution < 1.29 is 9.47 Å². The van der Waals surface area contributed by atoms with E-state index in [4.69, 9.17) is 9.47 Å². The van der Waals surface area contributed by atoms with Crippen LogP contribution in [0.1, 0.15) is 45.1 Å². The van der Waals surface area contributed by atoms with Gasteiger partial charge >= 0.3 is 0 Å². The summed E-state index contributed by atoms with van der Waals surface area (Å²) in [6, 6.07) is 6.50. The fourth-order valence-corrected chi connectivity index (χ4v) is 3.50. The molecule has 110 valence electrons. The SMILES string of the molecule is CCOc1ccc(C2(C3CC3)CCCN2)cc1OCC. The average molecular weight is 275 g/mol. The third-order valence-electron chi connectivity index (χ3n) is 4.52. The van der Waals surface area contributed by atoms with Crippen molar-refractivity contribution in [1.29, 1.82) is 0 Å². The summed E-state index contributed by atoms with van der Waals surface area (Å²) in [5, 5.41) is 3.77. The number of benzene rings is 1. The highest BCUT2D eigenvalue weighted by molar-refractivity contribution is 5.46. The Morgan fingerprint density at radius 3 is 2.50 bits per heavy atom. The fourth-order valence-electron chi connectivity index (χ4n) is 3.50. The van der Waals surface area contributed by atoms with Crippen LogP contribution >= 0.6 is 0 Å². The van der Waals surface area contributed by atoms with E-state index < -0.39 is 0 Å². The molecule has 0 amide bonds. The van der Waals surface area contributed by atoms with Crippen molar-refractivity contribution in [3.05, 3.63) is 23.8 Å². The van der Waals surface area contributed by atoms with Gasteiger partial charge in [0.1, 0.15) is 0 Å². The normalized spacial score (nSPS) is 25.7. The second-order valence-corrected chi connectivity index (χ2v) is 5.80. The van der Waals surface area contributed by atoms with E-state index in [0.29, 0.717) is 13.2 Å². The summed E-state index contributed by atoms with van der Waals surface area (Å²) < 4.78 is 11.5. The maximum absolute atomic E-state index is 5.78. The summed E-state index contributed by atoms with van der Waals surface area (Å²) in [5.74, 6) is 2.56. The van der Waals surface area contributed by atoms with E-state index in [2.05, 4.69) is 23.5 Å². The van der Waals surface area contributed by atoms with E-state index in [9.17, 15) is 0 Å². The second kappa shape index (κ2) is 5.65. The maximum Gasteiger partial charge on any atom is 0.161 e. The van der Waals surface area contributed by atoms with Gasteiger partial charge in [-0.2, -0.15) is 0 Å². The van der Waals surface area contributed by atoms with Crippen molar-refractivity contribution in [3.63, 3.8) is 0 Å². The number of rotatable bonds is 6.